The maximum absolute atomic E-state index is 12.2. The Kier molecular flexibility index (Phi) is 8.58. The van der Waals surface area contributed by atoms with Crippen molar-refractivity contribution in [3.8, 4) is 0 Å². The van der Waals surface area contributed by atoms with Gasteiger partial charge < -0.3 is 18.4 Å². The molecule has 156 valence electrons. The lowest BCUT2D eigenvalue weighted by molar-refractivity contribution is -0.123. The Labute approximate surface area is 171 Å². The van der Waals surface area contributed by atoms with E-state index in [0.717, 1.165) is 5.39 Å². The normalized spacial score (nSPS) is 12.1. The number of nitrogens with one attached hydrogen (secondary N) is 1. The summed E-state index contributed by atoms with van der Waals surface area (Å²) < 4.78 is 18.7. The SMILES string of the molecule is CCOP(COCCn1ccc2c(Cl)nc(NC(=O)C(C)(C)C)nc21)OCC. The van der Waals surface area contributed by atoms with E-state index < -0.39 is 13.8 Å². The second kappa shape index (κ2) is 10.5. The average Bonchev–Trinajstić information content (AvgIpc) is 3.01. The summed E-state index contributed by atoms with van der Waals surface area (Å²) in [6.07, 6.45) is 2.29. The number of ether oxygens (including phenoxy) is 1. The molecule has 0 saturated carbocycles. The minimum atomic E-state index is -1.02. The van der Waals surface area contributed by atoms with Gasteiger partial charge >= 0.3 is 0 Å². The fourth-order valence-electron chi connectivity index (χ4n) is 2.26. The number of nitrogens with zero attached hydrogens (tertiary/aromatic N) is 3. The molecule has 0 unspecified atom stereocenters. The number of carbonyl (C=O) groups is 1. The first-order valence-corrected chi connectivity index (χ1v) is 10.9. The molecule has 0 aliphatic rings. The summed E-state index contributed by atoms with van der Waals surface area (Å²) in [7, 11) is -1.02. The Balaban J connectivity index is 2.04. The number of hydrogen-bond donors (Lipinski definition) is 1. The highest BCUT2D eigenvalue weighted by Crippen LogP contribution is 2.37. The first-order chi connectivity index (χ1) is 13.3. The third kappa shape index (κ3) is 6.36. The zero-order valence-corrected chi connectivity index (χ0v) is 18.6. The minimum Gasteiger partial charge on any atom is -0.370 e. The Hall–Kier alpha value is -1.31. The van der Waals surface area contributed by atoms with Crippen LogP contribution >= 0.6 is 20.0 Å². The number of rotatable bonds is 10. The van der Waals surface area contributed by atoms with Crippen LogP contribution in [0.15, 0.2) is 12.3 Å². The van der Waals surface area contributed by atoms with E-state index in [9.17, 15) is 4.79 Å². The molecule has 2 heterocycles. The predicted molar refractivity (Wildman–Crippen MR) is 112 cm³/mol. The van der Waals surface area contributed by atoms with E-state index >= 15 is 0 Å². The lowest BCUT2D eigenvalue weighted by Crippen LogP contribution is -2.28. The molecule has 0 fully saturated rings. The van der Waals surface area contributed by atoms with Gasteiger partial charge in [-0.05, 0) is 19.9 Å². The molecule has 2 aromatic heterocycles. The lowest BCUT2D eigenvalue weighted by Gasteiger charge is -2.17. The zero-order chi connectivity index (χ0) is 20.7. The number of fused-ring (bicyclic) bond motifs is 1. The molecule has 0 spiro atoms. The smallest absolute Gasteiger partial charge is 0.232 e. The molecule has 0 aromatic carbocycles. The topological polar surface area (TPSA) is 87.5 Å². The second-order valence-electron chi connectivity index (χ2n) is 6.99. The molecule has 0 atom stereocenters. The number of halogens is 1. The van der Waals surface area contributed by atoms with Crippen molar-refractivity contribution in [1.29, 1.82) is 0 Å². The van der Waals surface area contributed by atoms with E-state index in [1.54, 1.807) is 0 Å². The van der Waals surface area contributed by atoms with Crippen molar-refractivity contribution in [1.82, 2.24) is 14.5 Å². The highest BCUT2D eigenvalue weighted by atomic mass is 35.5. The van der Waals surface area contributed by atoms with Crippen LogP contribution in [-0.2, 0) is 25.1 Å². The van der Waals surface area contributed by atoms with Gasteiger partial charge in [0, 0.05) is 18.2 Å². The van der Waals surface area contributed by atoms with Crippen LogP contribution in [-0.4, -0.2) is 46.6 Å². The third-order valence-corrected chi connectivity index (χ3v) is 5.47. The molecule has 0 aliphatic heterocycles. The van der Waals surface area contributed by atoms with Crippen molar-refractivity contribution in [2.24, 2.45) is 5.41 Å². The van der Waals surface area contributed by atoms with Crippen LogP contribution in [0, 0.1) is 5.41 Å². The molecule has 2 aromatic rings. The van der Waals surface area contributed by atoms with Gasteiger partial charge in [0.05, 0.1) is 25.2 Å². The molecule has 28 heavy (non-hydrogen) atoms. The Morgan fingerprint density at radius 3 is 2.54 bits per heavy atom. The van der Waals surface area contributed by atoms with Crippen LogP contribution in [0.2, 0.25) is 5.15 Å². The molecule has 8 nitrogen and oxygen atoms in total. The fourth-order valence-corrected chi connectivity index (χ4v) is 3.56. The molecule has 2 rings (SSSR count). The van der Waals surface area contributed by atoms with Crippen molar-refractivity contribution in [3.63, 3.8) is 0 Å². The molecule has 0 bridgehead atoms. The van der Waals surface area contributed by atoms with Gasteiger partial charge in [0.2, 0.25) is 11.9 Å². The van der Waals surface area contributed by atoms with E-state index in [1.165, 1.54) is 0 Å². The van der Waals surface area contributed by atoms with Gasteiger partial charge in [0.25, 0.3) is 0 Å². The van der Waals surface area contributed by atoms with Crippen molar-refractivity contribution < 1.29 is 18.6 Å². The van der Waals surface area contributed by atoms with Crippen LogP contribution in [0.25, 0.3) is 11.0 Å². The summed E-state index contributed by atoms with van der Waals surface area (Å²) in [5.74, 6) is 0.0130. The molecule has 0 aliphatic carbocycles. The fraction of sp³-hybridized carbons (Fsp3) is 0.611. The molecular weight excluding hydrogens is 403 g/mol. The summed E-state index contributed by atoms with van der Waals surface area (Å²) in [5, 5.41) is 3.74. The predicted octanol–water partition coefficient (Wildman–Crippen LogP) is 4.43. The summed E-state index contributed by atoms with van der Waals surface area (Å²) >= 11 is 6.27. The van der Waals surface area contributed by atoms with Gasteiger partial charge in [-0.25, -0.2) is 0 Å². The standard InChI is InChI=1S/C18H28ClN4O4P/c1-6-26-28(27-7-2)12-25-11-10-23-9-8-13-14(19)20-17(21-15(13)23)22-16(24)18(3,4)5/h8-9H,6-7,10-12H2,1-5H3,(H,20,21,22,24). The number of aromatic nitrogens is 3. The van der Waals surface area contributed by atoms with Crippen molar-refractivity contribution >= 4 is 42.9 Å². The van der Waals surface area contributed by atoms with Gasteiger partial charge in [-0.2, -0.15) is 9.97 Å². The molecule has 0 radical (unpaired) electrons. The van der Waals surface area contributed by atoms with Gasteiger partial charge in [0.15, 0.2) is 8.38 Å². The van der Waals surface area contributed by atoms with Crippen LogP contribution in [0.5, 0.6) is 0 Å². The van der Waals surface area contributed by atoms with Crippen molar-refractivity contribution in [2.75, 3.05) is 31.5 Å². The second-order valence-corrected chi connectivity index (χ2v) is 8.79. The van der Waals surface area contributed by atoms with Gasteiger partial charge in [-0.15, -0.1) is 0 Å². The number of anilines is 1. The first-order valence-electron chi connectivity index (χ1n) is 9.21. The van der Waals surface area contributed by atoms with E-state index in [0.29, 0.717) is 43.5 Å². The van der Waals surface area contributed by atoms with Gasteiger partial charge in [-0.1, -0.05) is 32.4 Å². The highest BCUT2D eigenvalue weighted by molar-refractivity contribution is 7.47. The molecule has 10 heteroatoms. The van der Waals surface area contributed by atoms with Crippen LogP contribution in [0.1, 0.15) is 34.6 Å². The van der Waals surface area contributed by atoms with Crippen LogP contribution < -0.4 is 5.32 Å². The van der Waals surface area contributed by atoms with Crippen molar-refractivity contribution in [2.45, 2.75) is 41.2 Å². The van der Waals surface area contributed by atoms with Gasteiger partial charge in [-0.3, -0.25) is 10.1 Å². The molecule has 1 N–H and O–H groups in total. The summed E-state index contributed by atoms with van der Waals surface area (Å²) in [4.78, 5) is 20.8. The molecular formula is C18H28ClN4O4P. The van der Waals surface area contributed by atoms with E-state index in [4.69, 9.17) is 25.4 Å². The highest BCUT2D eigenvalue weighted by Gasteiger charge is 2.23. The Bertz CT molecular complexity index is 788. The summed E-state index contributed by atoms with van der Waals surface area (Å²) in [6, 6.07) is 1.85. The minimum absolute atomic E-state index is 0.176. The van der Waals surface area contributed by atoms with E-state index in [2.05, 4.69) is 15.3 Å². The first kappa shape index (κ1) is 23.0. The Morgan fingerprint density at radius 2 is 1.93 bits per heavy atom. The van der Waals surface area contributed by atoms with Crippen LogP contribution in [0.3, 0.4) is 0 Å². The number of hydrogen-bond acceptors (Lipinski definition) is 6. The lowest BCUT2D eigenvalue weighted by atomic mass is 9.96. The van der Waals surface area contributed by atoms with E-state index in [-0.39, 0.29) is 11.9 Å². The summed E-state index contributed by atoms with van der Waals surface area (Å²) in [5.41, 5.74) is 0.0878. The monoisotopic (exact) mass is 430 g/mol. The number of amides is 1. The van der Waals surface area contributed by atoms with Crippen LogP contribution in [0.4, 0.5) is 5.95 Å². The maximum Gasteiger partial charge on any atom is 0.232 e. The largest absolute Gasteiger partial charge is 0.370 e. The Morgan fingerprint density at radius 1 is 1.25 bits per heavy atom. The van der Waals surface area contributed by atoms with Gasteiger partial charge in [0.1, 0.15) is 17.1 Å². The maximum atomic E-state index is 12.2. The number of carbonyl (C=O) groups excluding carboxylic acids is 1. The average molecular weight is 431 g/mol. The van der Waals surface area contributed by atoms with E-state index in [1.807, 2.05) is 51.4 Å². The summed E-state index contributed by atoms with van der Waals surface area (Å²) in [6.45, 7) is 11.6. The molecule has 1 amide bonds. The third-order valence-electron chi connectivity index (χ3n) is 3.70. The van der Waals surface area contributed by atoms with Crippen molar-refractivity contribution in [3.05, 3.63) is 17.4 Å². The quantitative estimate of drug-likeness (QED) is 0.341. The zero-order valence-electron chi connectivity index (χ0n) is 17.0. The molecule has 0 saturated heterocycles.